The fourth-order valence-corrected chi connectivity index (χ4v) is 2.77. The Kier molecular flexibility index (Phi) is 3.55. The van der Waals surface area contributed by atoms with Gasteiger partial charge >= 0.3 is 0 Å². The Bertz CT molecular complexity index is 386. The molecule has 0 bridgehead atoms. The highest BCUT2D eigenvalue weighted by Gasteiger charge is 2.34. The minimum atomic E-state index is 0.164. The fraction of sp³-hybridized carbons (Fsp3) is 0.600. The second-order valence-corrected chi connectivity index (χ2v) is 5.65. The minimum absolute atomic E-state index is 0.164. The van der Waals surface area contributed by atoms with Crippen molar-refractivity contribution < 1.29 is 0 Å². The van der Waals surface area contributed by atoms with Gasteiger partial charge in [0, 0.05) is 18.1 Å². The Morgan fingerprint density at radius 3 is 2.47 bits per heavy atom. The molecular weight excluding hydrogens is 208 g/mol. The Morgan fingerprint density at radius 1 is 1.24 bits per heavy atom. The number of hydrogen-bond acceptors (Lipinski definition) is 2. The van der Waals surface area contributed by atoms with Gasteiger partial charge < -0.3 is 5.73 Å². The van der Waals surface area contributed by atoms with E-state index in [0.29, 0.717) is 18.0 Å². The quantitative estimate of drug-likeness (QED) is 0.868. The summed E-state index contributed by atoms with van der Waals surface area (Å²) in [7, 11) is 2.21. The molecule has 2 N–H and O–H groups in total. The van der Waals surface area contributed by atoms with Crippen LogP contribution in [-0.4, -0.2) is 24.0 Å². The Morgan fingerprint density at radius 2 is 1.88 bits per heavy atom. The molecule has 0 amide bonds. The van der Waals surface area contributed by atoms with Gasteiger partial charge in [-0.2, -0.15) is 0 Å². The van der Waals surface area contributed by atoms with Crippen LogP contribution >= 0.6 is 0 Å². The van der Waals surface area contributed by atoms with Gasteiger partial charge in [0.05, 0.1) is 0 Å². The first-order chi connectivity index (χ1) is 8.02. The minimum Gasteiger partial charge on any atom is -0.323 e. The normalized spacial score (nSPS) is 25.4. The van der Waals surface area contributed by atoms with E-state index in [4.69, 9.17) is 5.73 Å². The van der Waals surface area contributed by atoms with Crippen LogP contribution in [0.3, 0.4) is 0 Å². The lowest BCUT2D eigenvalue weighted by molar-refractivity contribution is 0.136. The highest BCUT2D eigenvalue weighted by atomic mass is 15.2. The standard InChI is InChI=1S/C15H24N2/c1-10(2)11(3)17(4)14-9-12-7-5-6-8-13(12)15(14)16/h5-8,10-11,14-15H,9,16H2,1-4H3. The van der Waals surface area contributed by atoms with E-state index in [2.05, 4.69) is 57.0 Å². The van der Waals surface area contributed by atoms with E-state index in [-0.39, 0.29) is 6.04 Å². The van der Waals surface area contributed by atoms with Crippen LogP contribution in [0, 0.1) is 5.92 Å². The molecule has 1 aromatic carbocycles. The molecule has 2 rings (SSSR count). The van der Waals surface area contributed by atoms with Crippen molar-refractivity contribution in [2.24, 2.45) is 11.7 Å². The summed E-state index contributed by atoms with van der Waals surface area (Å²) in [6.07, 6.45) is 1.09. The van der Waals surface area contributed by atoms with Gasteiger partial charge in [0.2, 0.25) is 0 Å². The van der Waals surface area contributed by atoms with Gasteiger partial charge in [-0.05, 0) is 37.4 Å². The van der Waals surface area contributed by atoms with Crippen molar-refractivity contribution in [1.82, 2.24) is 4.90 Å². The van der Waals surface area contributed by atoms with Gasteiger partial charge in [0.15, 0.2) is 0 Å². The van der Waals surface area contributed by atoms with Crippen molar-refractivity contribution in [2.45, 2.75) is 45.3 Å². The predicted molar refractivity (Wildman–Crippen MR) is 72.9 cm³/mol. The van der Waals surface area contributed by atoms with Crippen LogP contribution in [0.1, 0.15) is 37.9 Å². The number of nitrogens with two attached hydrogens (primary N) is 1. The zero-order valence-electron chi connectivity index (χ0n) is 11.4. The number of benzene rings is 1. The summed E-state index contributed by atoms with van der Waals surface area (Å²) in [6, 6.07) is 9.77. The van der Waals surface area contributed by atoms with E-state index in [0.717, 1.165) is 6.42 Å². The Balaban J connectivity index is 2.17. The Hall–Kier alpha value is -0.860. The summed E-state index contributed by atoms with van der Waals surface area (Å²) in [5.41, 5.74) is 9.15. The van der Waals surface area contributed by atoms with Crippen molar-refractivity contribution in [3.63, 3.8) is 0 Å². The lowest BCUT2D eigenvalue weighted by atomic mass is 10.0. The van der Waals surface area contributed by atoms with E-state index in [1.807, 2.05) is 0 Å². The van der Waals surface area contributed by atoms with Gasteiger partial charge in [-0.1, -0.05) is 38.1 Å². The van der Waals surface area contributed by atoms with Crippen LogP contribution in [-0.2, 0) is 6.42 Å². The van der Waals surface area contributed by atoms with Crippen LogP contribution in [0.5, 0.6) is 0 Å². The van der Waals surface area contributed by atoms with Gasteiger partial charge in [-0.25, -0.2) is 0 Å². The molecule has 94 valence electrons. The molecule has 1 aliphatic carbocycles. The molecule has 1 aromatic rings. The molecule has 0 fully saturated rings. The number of rotatable bonds is 3. The van der Waals surface area contributed by atoms with Crippen LogP contribution in [0.4, 0.5) is 0 Å². The lowest BCUT2D eigenvalue weighted by Gasteiger charge is -2.35. The molecule has 0 radical (unpaired) electrons. The maximum Gasteiger partial charge on any atom is 0.0459 e. The molecular formula is C15H24N2. The summed E-state index contributed by atoms with van der Waals surface area (Å²) in [5, 5.41) is 0. The maximum atomic E-state index is 6.39. The van der Waals surface area contributed by atoms with E-state index < -0.39 is 0 Å². The summed E-state index contributed by atoms with van der Waals surface area (Å²) in [4.78, 5) is 2.45. The average Bonchev–Trinajstić information content (AvgIpc) is 2.65. The molecule has 0 saturated carbocycles. The molecule has 3 unspecified atom stereocenters. The van der Waals surface area contributed by atoms with Crippen molar-refractivity contribution >= 4 is 0 Å². The van der Waals surface area contributed by atoms with E-state index in [1.165, 1.54) is 11.1 Å². The van der Waals surface area contributed by atoms with Crippen molar-refractivity contribution in [3.05, 3.63) is 35.4 Å². The third kappa shape index (κ3) is 2.24. The summed E-state index contributed by atoms with van der Waals surface area (Å²) < 4.78 is 0. The van der Waals surface area contributed by atoms with Gasteiger partial charge in [0.25, 0.3) is 0 Å². The van der Waals surface area contributed by atoms with Crippen molar-refractivity contribution in [3.8, 4) is 0 Å². The number of fused-ring (bicyclic) bond motifs is 1. The third-order valence-electron chi connectivity index (χ3n) is 4.39. The first kappa shape index (κ1) is 12.6. The number of nitrogens with zero attached hydrogens (tertiary/aromatic N) is 1. The summed E-state index contributed by atoms with van der Waals surface area (Å²) >= 11 is 0. The molecule has 2 heteroatoms. The zero-order chi connectivity index (χ0) is 12.6. The molecule has 17 heavy (non-hydrogen) atoms. The molecule has 0 saturated heterocycles. The molecule has 2 nitrogen and oxygen atoms in total. The van der Waals surface area contributed by atoms with Gasteiger partial charge in [0.1, 0.15) is 0 Å². The highest BCUT2D eigenvalue weighted by molar-refractivity contribution is 5.36. The maximum absolute atomic E-state index is 6.39. The summed E-state index contributed by atoms with van der Waals surface area (Å²) in [6.45, 7) is 6.84. The molecule has 3 atom stereocenters. The first-order valence-corrected chi connectivity index (χ1v) is 6.57. The van der Waals surface area contributed by atoms with Crippen LogP contribution in [0.15, 0.2) is 24.3 Å². The van der Waals surface area contributed by atoms with E-state index in [9.17, 15) is 0 Å². The summed E-state index contributed by atoms with van der Waals surface area (Å²) in [5.74, 6) is 0.663. The van der Waals surface area contributed by atoms with Gasteiger partial charge in [-0.3, -0.25) is 4.90 Å². The monoisotopic (exact) mass is 232 g/mol. The van der Waals surface area contributed by atoms with Crippen molar-refractivity contribution in [2.75, 3.05) is 7.05 Å². The predicted octanol–water partition coefficient (Wildman–Crippen LogP) is 2.59. The topological polar surface area (TPSA) is 29.3 Å². The van der Waals surface area contributed by atoms with Crippen LogP contribution < -0.4 is 5.73 Å². The van der Waals surface area contributed by atoms with Crippen LogP contribution in [0.25, 0.3) is 0 Å². The van der Waals surface area contributed by atoms with Crippen molar-refractivity contribution in [1.29, 1.82) is 0 Å². The molecule has 0 heterocycles. The Labute approximate surface area is 105 Å². The third-order valence-corrected chi connectivity index (χ3v) is 4.39. The average molecular weight is 232 g/mol. The van der Waals surface area contributed by atoms with Crippen LogP contribution in [0.2, 0.25) is 0 Å². The number of likely N-dealkylation sites (N-methyl/N-ethyl adjacent to an activating group) is 1. The SMILES string of the molecule is CC(C)C(C)N(C)C1Cc2ccccc2C1N. The van der Waals surface area contributed by atoms with E-state index in [1.54, 1.807) is 0 Å². The largest absolute Gasteiger partial charge is 0.323 e. The van der Waals surface area contributed by atoms with E-state index >= 15 is 0 Å². The first-order valence-electron chi connectivity index (χ1n) is 6.57. The molecule has 0 aromatic heterocycles. The fourth-order valence-electron chi connectivity index (χ4n) is 2.77. The molecule has 0 spiro atoms. The van der Waals surface area contributed by atoms with Gasteiger partial charge in [-0.15, -0.1) is 0 Å². The molecule has 1 aliphatic rings. The zero-order valence-corrected chi connectivity index (χ0v) is 11.4. The lowest BCUT2D eigenvalue weighted by Crippen LogP contribution is -2.45. The highest BCUT2D eigenvalue weighted by Crippen LogP contribution is 2.33. The molecule has 0 aliphatic heterocycles. The second kappa shape index (κ2) is 4.79. The smallest absolute Gasteiger partial charge is 0.0459 e. The number of hydrogen-bond donors (Lipinski definition) is 1. The second-order valence-electron chi connectivity index (χ2n) is 5.65.